The van der Waals surface area contributed by atoms with Gasteiger partial charge in [-0.1, -0.05) is 25.7 Å². The topological polar surface area (TPSA) is 43.1 Å². The van der Waals surface area contributed by atoms with Crippen molar-refractivity contribution >= 4 is 5.91 Å². The summed E-state index contributed by atoms with van der Waals surface area (Å²) in [5.41, 5.74) is 4.66. The molecule has 0 bridgehead atoms. The van der Waals surface area contributed by atoms with Crippen molar-refractivity contribution in [1.82, 2.24) is 0 Å². The predicted octanol–water partition coefficient (Wildman–Crippen LogP) is 2.08. The standard InChI is InChI=1S/C9H15F2NO/c10-9(11,8(12)13)7-5-3-1-2-4-6-7/h7H,1-6H2,(H2,12,13). The third-order valence-electron chi connectivity index (χ3n) is 2.70. The Bertz CT molecular complexity index is 186. The van der Waals surface area contributed by atoms with Crippen LogP contribution in [0.15, 0.2) is 0 Å². The maximum Gasteiger partial charge on any atom is 0.327 e. The predicted molar refractivity (Wildman–Crippen MR) is 45.3 cm³/mol. The summed E-state index contributed by atoms with van der Waals surface area (Å²) >= 11 is 0. The molecule has 1 aliphatic carbocycles. The first-order valence-corrected chi connectivity index (χ1v) is 4.73. The number of hydrogen-bond acceptors (Lipinski definition) is 1. The van der Waals surface area contributed by atoms with Crippen LogP contribution in [0.5, 0.6) is 0 Å². The first-order chi connectivity index (χ1) is 6.05. The summed E-state index contributed by atoms with van der Waals surface area (Å²) in [4.78, 5) is 10.5. The lowest BCUT2D eigenvalue weighted by molar-refractivity contribution is -0.151. The highest BCUT2D eigenvalue weighted by Crippen LogP contribution is 2.35. The molecule has 1 amide bonds. The zero-order chi connectivity index (χ0) is 9.90. The number of alkyl halides is 2. The van der Waals surface area contributed by atoms with Crippen LogP contribution in [-0.2, 0) is 4.79 Å². The summed E-state index contributed by atoms with van der Waals surface area (Å²) in [6.07, 6.45) is 4.41. The Morgan fingerprint density at radius 2 is 1.62 bits per heavy atom. The van der Waals surface area contributed by atoms with E-state index in [0.29, 0.717) is 12.8 Å². The van der Waals surface area contributed by atoms with E-state index in [0.717, 1.165) is 25.7 Å². The normalized spacial score (nSPS) is 21.1. The molecule has 1 fully saturated rings. The molecule has 0 saturated heterocycles. The van der Waals surface area contributed by atoms with Crippen LogP contribution in [-0.4, -0.2) is 11.8 Å². The lowest BCUT2D eigenvalue weighted by Crippen LogP contribution is -2.42. The fourth-order valence-electron chi connectivity index (χ4n) is 1.84. The molecule has 0 aromatic rings. The fourth-order valence-corrected chi connectivity index (χ4v) is 1.84. The Kier molecular flexibility index (Phi) is 3.22. The summed E-state index contributed by atoms with van der Waals surface area (Å²) in [6, 6.07) is 0. The Morgan fingerprint density at radius 1 is 1.15 bits per heavy atom. The van der Waals surface area contributed by atoms with E-state index in [1.807, 2.05) is 0 Å². The van der Waals surface area contributed by atoms with Crippen LogP contribution >= 0.6 is 0 Å². The Hall–Kier alpha value is -0.670. The highest BCUT2D eigenvalue weighted by Gasteiger charge is 2.44. The first kappa shape index (κ1) is 10.4. The minimum absolute atomic E-state index is 0.427. The van der Waals surface area contributed by atoms with Crippen molar-refractivity contribution < 1.29 is 13.6 Å². The van der Waals surface area contributed by atoms with Crippen LogP contribution < -0.4 is 5.73 Å². The van der Waals surface area contributed by atoms with Crippen LogP contribution in [0.2, 0.25) is 0 Å². The van der Waals surface area contributed by atoms with E-state index in [-0.39, 0.29) is 0 Å². The van der Waals surface area contributed by atoms with Crippen molar-refractivity contribution in [2.75, 3.05) is 0 Å². The number of nitrogens with two attached hydrogens (primary N) is 1. The van der Waals surface area contributed by atoms with E-state index in [1.165, 1.54) is 0 Å². The molecule has 0 unspecified atom stereocenters. The van der Waals surface area contributed by atoms with Crippen molar-refractivity contribution in [3.8, 4) is 0 Å². The van der Waals surface area contributed by atoms with Gasteiger partial charge in [-0.3, -0.25) is 4.79 Å². The van der Waals surface area contributed by atoms with Gasteiger partial charge in [-0.05, 0) is 12.8 Å². The minimum atomic E-state index is -3.30. The molecule has 0 heterocycles. The van der Waals surface area contributed by atoms with E-state index >= 15 is 0 Å². The Balaban J connectivity index is 2.62. The van der Waals surface area contributed by atoms with Gasteiger partial charge in [0.15, 0.2) is 0 Å². The van der Waals surface area contributed by atoms with Crippen LogP contribution in [0.25, 0.3) is 0 Å². The molecule has 76 valence electrons. The van der Waals surface area contributed by atoms with Gasteiger partial charge in [-0.2, -0.15) is 8.78 Å². The maximum absolute atomic E-state index is 13.1. The van der Waals surface area contributed by atoms with Crippen LogP contribution in [0.3, 0.4) is 0 Å². The molecule has 2 nitrogen and oxygen atoms in total. The molecule has 0 aromatic heterocycles. The van der Waals surface area contributed by atoms with Crippen LogP contribution in [0.1, 0.15) is 38.5 Å². The number of primary amides is 1. The quantitative estimate of drug-likeness (QED) is 0.667. The molecule has 0 atom stereocenters. The molecular formula is C9H15F2NO. The summed E-state index contributed by atoms with van der Waals surface area (Å²) in [6.45, 7) is 0. The summed E-state index contributed by atoms with van der Waals surface area (Å²) in [5.74, 6) is -5.60. The number of rotatable bonds is 2. The Morgan fingerprint density at radius 3 is 2.00 bits per heavy atom. The van der Waals surface area contributed by atoms with Crippen molar-refractivity contribution in [1.29, 1.82) is 0 Å². The smallest absolute Gasteiger partial charge is 0.327 e. The SMILES string of the molecule is NC(=O)C(F)(F)C1CCCCCC1. The third kappa shape index (κ3) is 2.39. The molecule has 4 heteroatoms. The molecule has 1 aliphatic rings. The lowest BCUT2D eigenvalue weighted by Gasteiger charge is -2.22. The number of halogens is 2. The van der Waals surface area contributed by atoms with Gasteiger partial charge in [0.25, 0.3) is 5.91 Å². The van der Waals surface area contributed by atoms with Gasteiger partial charge in [0.05, 0.1) is 0 Å². The van der Waals surface area contributed by atoms with Crippen molar-refractivity contribution in [2.24, 2.45) is 11.7 Å². The monoisotopic (exact) mass is 191 g/mol. The summed E-state index contributed by atoms with van der Waals surface area (Å²) in [7, 11) is 0. The molecular weight excluding hydrogens is 176 g/mol. The molecule has 0 radical (unpaired) electrons. The molecule has 0 spiro atoms. The maximum atomic E-state index is 13.1. The second-order valence-corrected chi connectivity index (χ2v) is 3.68. The van der Waals surface area contributed by atoms with Crippen molar-refractivity contribution in [3.63, 3.8) is 0 Å². The molecule has 13 heavy (non-hydrogen) atoms. The van der Waals surface area contributed by atoms with Gasteiger partial charge < -0.3 is 5.73 Å². The summed E-state index contributed by atoms with van der Waals surface area (Å²) in [5, 5.41) is 0. The van der Waals surface area contributed by atoms with E-state index in [1.54, 1.807) is 0 Å². The highest BCUT2D eigenvalue weighted by atomic mass is 19.3. The second-order valence-electron chi connectivity index (χ2n) is 3.68. The third-order valence-corrected chi connectivity index (χ3v) is 2.70. The van der Waals surface area contributed by atoms with E-state index < -0.39 is 17.7 Å². The minimum Gasteiger partial charge on any atom is -0.364 e. The molecule has 2 N–H and O–H groups in total. The fraction of sp³-hybridized carbons (Fsp3) is 0.889. The van der Waals surface area contributed by atoms with Crippen molar-refractivity contribution in [3.05, 3.63) is 0 Å². The molecule has 1 rings (SSSR count). The number of carbonyl (C=O) groups excluding carboxylic acids is 1. The second kappa shape index (κ2) is 4.03. The number of hydrogen-bond donors (Lipinski definition) is 1. The van der Waals surface area contributed by atoms with E-state index in [9.17, 15) is 13.6 Å². The van der Waals surface area contributed by atoms with E-state index in [4.69, 9.17) is 0 Å². The summed E-state index contributed by atoms with van der Waals surface area (Å²) < 4.78 is 26.3. The largest absolute Gasteiger partial charge is 0.364 e. The van der Waals surface area contributed by atoms with Gasteiger partial charge >= 0.3 is 5.92 Å². The zero-order valence-electron chi connectivity index (χ0n) is 7.56. The van der Waals surface area contributed by atoms with Gasteiger partial charge in [0, 0.05) is 5.92 Å². The molecule has 1 saturated carbocycles. The first-order valence-electron chi connectivity index (χ1n) is 4.73. The number of carbonyl (C=O) groups is 1. The number of amides is 1. The molecule has 0 aromatic carbocycles. The molecule has 0 aliphatic heterocycles. The van der Waals surface area contributed by atoms with Crippen molar-refractivity contribution in [2.45, 2.75) is 44.4 Å². The average Bonchev–Trinajstić information content (AvgIpc) is 2.31. The van der Waals surface area contributed by atoms with Gasteiger partial charge in [0.2, 0.25) is 0 Å². The van der Waals surface area contributed by atoms with Gasteiger partial charge in [-0.25, -0.2) is 0 Å². The zero-order valence-corrected chi connectivity index (χ0v) is 7.56. The Labute approximate surface area is 76.5 Å². The van der Waals surface area contributed by atoms with Gasteiger partial charge in [-0.15, -0.1) is 0 Å². The van der Waals surface area contributed by atoms with Crippen LogP contribution in [0.4, 0.5) is 8.78 Å². The lowest BCUT2D eigenvalue weighted by atomic mass is 9.93. The van der Waals surface area contributed by atoms with Crippen LogP contribution in [0, 0.1) is 5.92 Å². The van der Waals surface area contributed by atoms with Gasteiger partial charge in [0.1, 0.15) is 0 Å². The average molecular weight is 191 g/mol. The highest BCUT2D eigenvalue weighted by molar-refractivity contribution is 5.81. The van der Waals surface area contributed by atoms with E-state index in [2.05, 4.69) is 5.73 Å².